The van der Waals surface area contributed by atoms with Crippen molar-refractivity contribution in [2.24, 2.45) is 5.84 Å². The molecule has 21 heavy (non-hydrogen) atoms. The molecule has 0 aliphatic rings. The highest BCUT2D eigenvalue weighted by molar-refractivity contribution is 6.06. The number of hydrazine groups is 1. The number of carbonyl (C=O) groups is 1. The molecule has 1 amide bonds. The van der Waals surface area contributed by atoms with Crippen molar-refractivity contribution in [3.05, 3.63) is 35.9 Å². The molecule has 4 N–H and O–H groups in total. The number of nitrogens with one attached hydrogen (secondary N) is 1. The fourth-order valence-electron chi connectivity index (χ4n) is 2.11. The van der Waals surface area contributed by atoms with Gasteiger partial charge in [-0.05, 0) is 25.5 Å². The molecule has 2 aromatic rings. The number of nitrogens with zero attached hydrogens (tertiary/aromatic N) is 2. The number of rotatable bonds is 5. The van der Waals surface area contributed by atoms with Crippen molar-refractivity contribution >= 4 is 22.6 Å². The molecule has 0 aliphatic carbocycles. The number of aromatic nitrogens is 1. The molecule has 0 fully saturated rings. The number of amides is 1. The molecule has 6 nitrogen and oxygen atoms in total. The van der Waals surface area contributed by atoms with Crippen molar-refractivity contribution in [2.75, 3.05) is 19.0 Å². The predicted molar refractivity (Wildman–Crippen MR) is 82.8 cm³/mol. The Morgan fingerprint density at radius 1 is 1.48 bits per heavy atom. The maximum absolute atomic E-state index is 12.6. The zero-order valence-electron chi connectivity index (χ0n) is 12.2. The maximum atomic E-state index is 12.6. The van der Waals surface area contributed by atoms with E-state index in [1.165, 1.54) is 0 Å². The zero-order valence-corrected chi connectivity index (χ0v) is 12.2. The molecule has 6 heteroatoms. The summed E-state index contributed by atoms with van der Waals surface area (Å²) in [6, 6.07) is 9.07. The van der Waals surface area contributed by atoms with Gasteiger partial charge < -0.3 is 15.4 Å². The summed E-state index contributed by atoms with van der Waals surface area (Å²) in [5.41, 5.74) is 3.73. The van der Waals surface area contributed by atoms with Gasteiger partial charge in [-0.25, -0.2) is 10.8 Å². The van der Waals surface area contributed by atoms with Gasteiger partial charge >= 0.3 is 0 Å². The fraction of sp³-hybridized carbons (Fsp3) is 0.333. The lowest BCUT2D eigenvalue weighted by molar-refractivity contribution is 0.0771. The second-order valence-electron chi connectivity index (χ2n) is 5.08. The third-order valence-electron chi connectivity index (χ3n) is 3.32. The lowest BCUT2D eigenvalue weighted by Crippen LogP contribution is -2.29. The number of nitrogens with two attached hydrogens (primary N) is 1. The van der Waals surface area contributed by atoms with Crippen LogP contribution in [-0.2, 0) is 0 Å². The molecule has 0 aliphatic heterocycles. The number of pyridine rings is 1. The minimum atomic E-state index is -0.435. The monoisotopic (exact) mass is 288 g/mol. The number of nitrogen functional groups attached to an aromatic ring is 1. The van der Waals surface area contributed by atoms with Crippen molar-refractivity contribution in [1.82, 2.24) is 9.88 Å². The molecule has 0 saturated carbocycles. The Hall–Kier alpha value is -2.18. The standard InChI is InChI=1S/C15H20N4O2/c1-10(20)7-8-19(2)15(21)12-9-14(18-16)17-13-6-4-3-5-11(12)13/h3-6,9-10,20H,7-8,16H2,1-2H3,(H,17,18). The van der Waals surface area contributed by atoms with Crippen LogP contribution in [0.25, 0.3) is 10.9 Å². The molecular formula is C15H20N4O2. The van der Waals surface area contributed by atoms with E-state index in [2.05, 4.69) is 10.4 Å². The fourth-order valence-corrected chi connectivity index (χ4v) is 2.11. The average Bonchev–Trinajstić information content (AvgIpc) is 2.50. The summed E-state index contributed by atoms with van der Waals surface area (Å²) in [6.07, 6.45) is 0.100. The first-order valence-corrected chi connectivity index (χ1v) is 6.83. The normalized spacial score (nSPS) is 12.2. The van der Waals surface area contributed by atoms with Gasteiger partial charge in [-0.1, -0.05) is 18.2 Å². The molecule has 2 rings (SSSR count). The molecule has 1 aromatic heterocycles. The number of aliphatic hydroxyl groups excluding tert-OH is 1. The summed E-state index contributed by atoms with van der Waals surface area (Å²) in [5.74, 6) is 5.74. The van der Waals surface area contributed by atoms with Gasteiger partial charge in [0.15, 0.2) is 0 Å². The van der Waals surface area contributed by atoms with Crippen LogP contribution < -0.4 is 11.3 Å². The number of para-hydroxylation sites is 1. The van der Waals surface area contributed by atoms with Crippen molar-refractivity contribution in [1.29, 1.82) is 0 Å². The maximum Gasteiger partial charge on any atom is 0.254 e. The van der Waals surface area contributed by atoms with E-state index in [1.54, 1.807) is 24.9 Å². The highest BCUT2D eigenvalue weighted by Crippen LogP contribution is 2.21. The molecule has 0 bridgehead atoms. The molecule has 1 unspecified atom stereocenters. The van der Waals surface area contributed by atoms with Crippen molar-refractivity contribution in [3.8, 4) is 0 Å². The third kappa shape index (κ3) is 3.48. The topological polar surface area (TPSA) is 91.5 Å². The van der Waals surface area contributed by atoms with Gasteiger partial charge in [0.25, 0.3) is 5.91 Å². The van der Waals surface area contributed by atoms with Crippen LogP contribution in [0.1, 0.15) is 23.7 Å². The molecule has 112 valence electrons. The summed E-state index contributed by atoms with van der Waals surface area (Å²) < 4.78 is 0. The number of anilines is 1. The first-order chi connectivity index (χ1) is 10.0. The highest BCUT2D eigenvalue weighted by Gasteiger charge is 2.16. The van der Waals surface area contributed by atoms with Gasteiger partial charge in [0, 0.05) is 19.0 Å². The Morgan fingerprint density at radius 2 is 2.19 bits per heavy atom. The number of benzene rings is 1. The Labute approximate surface area is 123 Å². The van der Waals surface area contributed by atoms with Crippen LogP contribution in [0.2, 0.25) is 0 Å². The van der Waals surface area contributed by atoms with E-state index >= 15 is 0 Å². The van der Waals surface area contributed by atoms with E-state index in [9.17, 15) is 9.90 Å². The lowest BCUT2D eigenvalue weighted by Gasteiger charge is -2.19. The number of hydrogen-bond donors (Lipinski definition) is 3. The van der Waals surface area contributed by atoms with E-state index in [1.807, 2.05) is 24.3 Å². The number of hydrogen-bond acceptors (Lipinski definition) is 5. The Balaban J connectivity index is 2.37. The minimum Gasteiger partial charge on any atom is -0.393 e. The van der Waals surface area contributed by atoms with Gasteiger partial charge in [0.2, 0.25) is 0 Å². The molecule has 1 aromatic carbocycles. The van der Waals surface area contributed by atoms with Crippen LogP contribution in [-0.4, -0.2) is 40.6 Å². The molecule has 0 saturated heterocycles. The average molecular weight is 288 g/mol. The summed E-state index contributed by atoms with van der Waals surface area (Å²) in [6.45, 7) is 2.19. The molecule has 1 atom stereocenters. The first-order valence-electron chi connectivity index (χ1n) is 6.83. The van der Waals surface area contributed by atoms with Crippen LogP contribution in [0.3, 0.4) is 0 Å². The number of fused-ring (bicyclic) bond motifs is 1. The Kier molecular flexibility index (Phi) is 4.72. The highest BCUT2D eigenvalue weighted by atomic mass is 16.3. The molecule has 0 spiro atoms. The van der Waals surface area contributed by atoms with Gasteiger partial charge in [-0.3, -0.25) is 4.79 Å². The van der Waals surface area contributed by atoms with Crippen molar-refractivity contribution in [3.63, 3.8) is 0 Å². The molecule has 1 heterocycles. The van der Waals surface area contributed by atoms with E-state index in [-0.39, 0.29) is 5.91 Å². The van der Waals surface area contributed by atoms with Crippen LogP contribution >= 0.6 is 0 Å². The van der Waals surface area contributed by atoms with Crippen LogP contribution in [0.4, 0.5) is 5.82 Å². The van der Waals surface area contributed by atoms with Gasteiger partial charge in [-0.15, -0.1) is 0 Å². The number of aliphatic hydroxyl groups is 1. The van der Waals surface area contributed by atoms with Crippen LogP contribution in [0.15, 0.2) is 30.3 Å². The lowest BCUT2D eigenvalue weighted by atomic mass is 10.1. The van der Waals surface area contributed by atoms with E-state index < -0.39 is 6.10 Å². The van der Waals surface area contributed by atoms with E-state index in [4.69, 9.17) is 5.84 Å². The molecular weight excluding hydrogens is 268 g/mol. The summed E-state index contributed by atoms with van der Waals surface area (Å²) >= 11 is 0. The quantitative estimate of drug-likeness (QED) is 0.571. The first kappa shape index (κ1) is 15.2. The van der Waals surface area contributed by atoms with Crippen LogP contribution in [0, 0.1) is 0 Å². The van der Waals surface area contributed by atoms with Gasteiger partial charge in [-0.2, -0.15) is 0 Å². The zero-order chi connectivity index (χ0) is 15.4. The predicted octanol–water partition coefficient (Wildman–Crippen LogP) is 1.36. The summed E-state index contributed by atoms with van der Waals surface area (Å²) in [4.78, 5) is 18.5. The Morgan fingerprint density at radius 3 is 2.86 bits per heavy atom. The SMILES string of the molecule is CC(O)CCN(C)C(=O)c1cc(NN)nc2ccccc12. The number of carbonyl (C=O) groups excluding carboxylic acids is 1. The third-order valence-corrected chi connectivity index (χ3v) is 3.32. The van der Waals surface area contributed by atoms with E-state index in [0.29, 0.717) is 29.9 Å². The second-order valence-corrected chi connectivity index (χ2v) is 5.08. The summed E-state index contributed by atoms with van der Waals surface area (Å²) in [5, 5.41) is 10.1. The van der Waals surface area contributed by atoms with Crippen molar-refractivity contribution in [2.45, 2.75) is 19.4 Å². The summed E-state index contributed by atoms with van der Waals surface area (Å²) in [7, 11) is 1.72. The van der Waals surface area contributed by atoms with E-state index in [0.717, 1.165) is 5.39 Å². The largest absolute Gasteiger partial charge is 0.393 e. The van der Waals surface area contributed by atoms with Gasteiger partial charge in [0.05, 0.1) is 17.2 Å². The minimum absolute atomic E-state index is 0.120. The molecule has 0 radical (unpaired) electrons. The Bertz CT molecular complexity index is 643. The second kappa shape index (κ2) is 6.51. The smallest absolute Gasteiger partial charge is 0.254 e. The van der Waals surface area contributed by atoms with Gasteiger partial charge in [0.1, 0.15) is 5.82 Å². The van der Waals surface area contributed by atoms with Crippen molar-refractivity contribution < 1.29 is 9.90 Å². The van der Waals surface area contributed by atoms with Crippen LogP contribution in [0.5, 0.6) is 0 Å².